The van der Waals surface area contributed by atoms with Crippen LogP contribution in [0.4, 0.5) is 10.1 Å². The zero-order valence-corrected chi connectivity index (χ0v) is 11.2. The lowest BCUT2D eigenvalue weighted by molar-refractivity contribution is 0.0992. The zero-order valence-electron chi connectivity index (χ0n) is 10.4. The molecule has 0 aliphatic rings. The average molecular weight is 278 g/mol. The third kappa shape index (κ3) is 3.12. The molecule has 19 heavy (non-hydrogen) atoms. The summed E-state index contributed by atoms with van der Waals surface area (Å²) in [6.45, 7) is 1.78. The topological polar surface area (TPSA) is 43.1 Å². The van der Waals surface area contributed by atoms with Gasteiger partial charge in [0.2, 0.25) is 0 Å². The molecule has 0 aromatic heterocycles. The van der Waals surface area contributed by atoms with Crippen LogP contribution in [-0.4, -0.2) is 5.78 Å². The molecule has 0 heterocycles. The van der Waals surface area contributed by atoms with Crippen molar-refractivity contribution in [2.45, 2.75) is 13.3 Å². The van der Waals surface area contributed by atoms with E-state index in [1.807, 2.05) is 0 Å². The number of ketones is 1. The Kier molecular flexibility index (Phi) is 3.86. The van der Waals surface area contributed by atoms with Crippen LogP contribution in [0.5, 0.6) is 0 Å². The third-order valence-electron chi connectivity index (χ3n) is 2.98. The van der Waals surface area contributed by atoms with E-state index < -0.39 is 0 Å². The number of carbonyl (C=O) groups excluding carboxylic acids is 1. The molecule has 0 fully saturated rings. The quantitative estimate of drug-likeness (QED) is 0.685. The van der Waals surface area contributed by atoms with Crippen molar-refractivity contribution in [1.82, 2.24) is 0 Å². The first-order chi connectivity index (χ1) is 8.97. The standard InChI is InChI=1S/C15H13ClFNO/c1-9-6-12(17)4-2-10(9)8-15(19)11-3-5-14(18)13(16)7-11/h2-7H,8,18H2,1H3. The molecule has 0 aliphatic heterocycles. The molecule has 0 saturated carbocycles. The smallest absolute Gasteiger partial charge is 0.167 e. The molecular formula is C15H13ClFNO. The summed E-state index contributed by atoms with van der Waals surface area (Å²) < 4.78 is 13.0. The van der Waals surface area contributed by atoms with Crippen molar-refractivity contribution >= 4 is 23.1 Å². The number of halogens is 2. The second kappa shape index (κ2) is 5.41. The van der Waals surface area contributed by atoms with Crippen molar-refractivity contribution in [3.63, 3.8) is 0 Å². The molecule has 0 bridgehead atoms. The number of nitrogen functional groups attached to an aromatic ring is 1. The maximum Gasteiger partial charge on any atom is 0.167 e. The van der Waals surface area contributed by atoms with Gasteiger partial charge in [0.25, 0.3) is 0 Å². The fourth-order valence-corrected chi connectivity index (χ4v) is 2.01. The second-order valence-electron chi connectivity index (χ2n) is 4.41. The van der Waals surface area contributed by atoms with Crippen LogP contribution in [0, 0.1) is 12.7 Å². The highest BCUT2D eigenvalue weighted by atomic mass is 35.5. The van der Waals surface area contributed by atoms with E-state index in [4.69, 9.17) is 17.3 Å². The third-order valence-corrected chi connectivity index (χ3v) is 3.31. The van der Waals surface area contributed by atoms with Crippen LogP contribution < -0.4 is 5.73 Å². The predicted molar refractivity (Wildman–Crippen MR) is 75.0 cm³/mol. The lowest BCUT2D eigenvalue weighted by atomic mass is 9.99. The van der Waals surface area contributed by atoms with Crippen molar-refractivity contribution in [2.24, 2.45) is 0 Å². The fraction of sp³-hybridized carbons (Fsp3) is 0.133. The van der Waals surface area contributed by atoms with Crippen LogP contribution in [0.25, 0.3) is 0 Å². The normalized spacial score (nSPS) is 10.5. The Bertz CT molecular complexity index is 640. The van der Waals surface area contributed by atoms with Gasteiger partial charge in [-0.25, -0.2) is 4.39 Å². The van der Waals surface area contributed by atoms with Gasteiger partial charge in [-0.15, -0.1) is 0 Å². The van der Waals surface area contributed by atoms with Crippen molar-refractivity contribution in [2.75, 3.05) is 5.73 Å². The molecule has 0 radical (unpaired) electrons. The maximum absolute atomic E-state index is 13.0. The van der Waals surface area contributed by atoms with Gasteiger partial charge >= 0.3 is 0 Å². The molecule has 0 spiro atoms. The highest BCUT2D eigenvalue weighted by Gasteiger charge is 2.10. The number of carbonyl (C=O) groups is 1. The molecule has 2 aromatic carbocycles. The minimum absolute atomic E-state index is 0.0726. The molecule has 0 unspecified atom stereocenters. The largest absolute Gasteiger partial charge is 0.398 e. The van der Waals surface area contributed by atoms with Crippen molar-refractivity contribution < 1.29 is 9.18 Å². The van der Waals surface area contributed by atoms with Gasteiger partial charge in [0.1, 0.15) is 5.82 Å². The summed E-state index contributed by atoms with van der Waals surface area (Å²) >= 11 is 5.89. The lowest BCUT2D eigenvalue weighted by Gasteiger charge is -2.06. The van der Waals surface area contributed by atoms with Crippen LogP contribution >= 0.6 is 11.6 Å². The van der Waals surface area contributed by atoms with Crippen LogP contribution in [0.3, 0.4) is 0 Å². The van der Waals surface area contributed by atoms with Crippen molar-refractivity contribution in [1.29, 1.82) is 0 Å². The van der Waals surface area contributed by atoms with E-state index in [1.165, 1.54) is 12.1 Å². The Balaban J connectivity index is 2.23. The summed E-state index contributed by atoms with van der Waals surface area (Å²) in [5.74, 6) is -0.374. The van der Waals surface area contributed by atoms with Gasteiger partial charge in [0.05, 0.1) is 10.7 Å². The number of rotatable bonds is 3. The molecular weight excluding hydrogens is 265 g/mol. The fourth-order valence-electron chi connectivity index (χ4n) is 1.83. The number of nitrogens with two attached hydrogens (primary N) is 1. The Morgan fingerprint density at radius 1 is 1.26 bits per heavy atom. The zero-order chi connectivity index (χ0) is 14.0. The molecule has 0 amide bonds. The van der Waals surface area contributed by atoms with Gasteiger partial charge in [0, 0.05) is 12.0 Å². The number of aryl methyl sites for hydroxylation is 1. The number of benzene rings is 2. The summed E-state index contributed by atoms with van der Waals surface area (Å²) in [4.78, 5) is 12.1. The number of hydrogen-bond acceptors (Lipinski definition) is 2. The van der Waals surface area contributed by atoms with E-state index in [9.17, 15) is 9.18 Å². The van der Waals surface area contributed by atoms with E-state index in [2.05, 4.69) is 0 Å². The first-order valence-electron chi connectivity index (χ1n) is 5.80. The lowest BCUT2D eigenvalue weighted by Crippen LogP contribution is -2.05. The molecule has 2 nitrogen and oxygen atoms in total. The molecule has 2 aromatic rings. The van der Waals surface area contributed by atoms with Crippen LogP contribution in [0.2, 0.25) is 5.02 Å². The monoisotopic (exact) mass is 277 g/mol. The minimum atomic E-state index is -0.302. The van der Waals surface area contributed by atoms with Crippen LogP contribution in [-0.2, 0) is 6.42 Å². The second-order valence-corrected chi connectivity index (χ2v) is 4.81. The van der Waals surface area contributed by atoms with Gasteiger partial charge in [-0.2, -0.15) is 0 Å². The van der Waals surface area contributed by atoms with Gasteiger partial charge in [-0.3, -0.25) is 4.79 Å². The summed E-state index contributed by atoms with van der Waals surface area (Å²) in [6, 6.07) is 9.19. The average Bonchev–Trinajstić information content (AvgIpc) is 2.36. The molecule has 0 atom stereocenters. The minimum Gasteiger partial charge on any atom is -0.398 e. The molecule has 0 saturated heterocycles. The van der Waals surface area contributed by atoms with Crippen molar-refractivity contribution in [3.8, 4) is 0 Å². The Hall–Kier alpha value is -1.87. The molecule has 4 heteroatoms. The first-order valence-corrected chi connectivity index (χ1v) is 6.18. The Labute approximate surface area is 116 Å². The summed E-state index contributed by atoms with van der Waals surface area (Å²) in [6.07, 6.45) is 0.215. The SMILES string of the molecule is Cc1cc(F)ccc1CC(=O)c1ccc(N)c(Cl)c1. The maximum atomic E-state index is 13.0. The Morgan fingerprint density at radius 2 is 2.00 bits per heavy atom. The predicted octanol–water partition coefficient (Wildman–Crippen LogP) is 3.80. The van der Waals surface area contributed by atoms with E-state index in [-0.39, 0.29) is 18.0 Å². The van der Waals surface area contributed by atoms with Crippen LogP contribution in [0.15, 0.2) is 36.4 Å². The van der Waals surface area contributed by atoms with Gasteiger partial charge in [0.15, 0.2) is 5.78 Å². The highest BCUT2D eigenvalue weighted by Crippen LogP contribution is 2.21. The Morgan fingerprint density at radius 3 is 2.63 bits per heavy atom. The molecule has 98 valence electrons. The first kappa shape index (κ1) is 13.6. The molecule has 2 rings (SSSR count). The molecule has 0 aliphatic carbocycles. The summed E-state index contributed by atoms with van der Waals surface area (Å²) in [5.41, 5.74) is 8.11. The van der Waals surface area contributed by atoms with Crippen LogP contribution in [0.1, 0.15) is 21.5 Å². The molecule has 2 N–H and O–H groups in total. The number of Topliss-reactive ketones (excluding diaryl/α,β-unsaturated/α-hetero) is 1. The summed E-state index contributed by atoms with van der Waals surface area (Å²) in [7, 11) is 0. The van der Waals surface area contributed by atoms with E-state index in [0.29, 0.717) is 16.3 Å². The van der Waals surface area contributed by atoms with Gasteiger partial charge in [-0.05, 0) is 48.4 Å². The van der Waals surface area contributed by atoms with E-state index >= 15 is 0 Å². The van der Waals surface area contributed by atoms with E-state index in [1.54, 1.807) is 31.2 Å². The van der Waals surface area contributed by atoms with Gasteiger partial charge in [-0.1, -0.05) is 17.7 Å². The van der Waals surface area contributed by atoms with Crippen molar-refractivity contribution in [3.05, 3.63) is 63.9 Å². The summed E-state index contributed by atoms with van der Waals surface area (Å²) in [5, 5.41) is 0.363. The highest BCUT2D eigenvalue weighted by molar-refractivity contribution is 6.33. The van der Waals surface area contributed by atoms with E-state index in [0.717, 1.165) is 11.1 Å². The number of anilines is 1. The van der Waals surface area contributed by atoms with Gasteiger partial charge < -0.3 is 5.73 Å². The number of hydrogen-bond donors (Lipinski definition) is 1.